The molecule has 2 aromatic rings. The van der Waals surface area contributed by atoms with Gasteiger partial charge in [-0.05, 0) is 48.1 Å². The number of hydrogen-bond acceptors (Lipinski definition) is 4. The topological polar surface area (TPSA) is 47.0 Å². The van der Waals surface area contributed by atoms with Crippen LogP contribution >= 0.6 is 22.6 Å². The third-order valence-corrected chi connectivity index (χ3v) is 3.54. The van der Waals surface area contributed by atoms with Crippen LogP contribution in [0.25, 0.3) is 0 Å². The number of anilines is 1. The Kier molecular flexibility index (Phi) is 4.95. The van der Waals surface area contributed by atoms with Gasteiger partial charge in [0.25, 0.3) is 0 Å². The Morgan fingerprint density at radius 1 is 1.21 bits per heavy atom. The largest absolute Gasteiger partial charge is 0.437 e. The van der Waals surface area contributed by atoms with Crippen molar-refractivity contribution in [2.75, 3.05) is 11.9 Å². The van der Waals surface area contributed by atoms with Gasteiger partial charge in [0, 0.05) is 6.54 Å². The molecule has 0 fully saturated rings. The zero-order valence-corrected chi connectivity index (χ0v) is 13.1. The third kappa shape index (κ3) is 3.34. The lowest BCUT2D eigenvalue weighted by Gasteiger charge is -2.13. The van der Waals surface area contributed by atoms with Crippen molar-refractivity contribution in [1.29, 1.82) is 0 Å². The molecule has 0 radical (unpaired) electrons. The average molecular weight is 369 g/mol. The molecule has 0 aliphatic carbocycles. The number of rotatable bonds is 5. The van der Waals surface area contributed by atoms with Crippen LogP contribution in [0.3, 0.4) is 0 Å². The lowest BCUT2D eigenvalue weighted by Crippen LogP contribution is -2.06. The van der Waals surface area contributed by atoms with Crippen LogP contribution in [0.4, 0.5) is 5.82 Å². The average Bonchev–Trinajstić information content (AvgIpc) is 2.42. The van der Waals surface area contributed by atoms with Crippen LogP contribution in [0.5, 0.6) is 11.6 Å². The Balaban J connectivity index is 2.35. The molecule has 0 spiro atoms. The highest BCUT2D eigenvalue weighted by Gasteiger charge is 2.12. The second-order valence-corrected chi connectivity index (χ2v) is 5.08. The fraction of sp³-hybridized carbons (Fsp3) is 0.286. The van der Waals surface area contributed by atoms with Crippen molar-refractivity contribution >= 4 is 28.4 Å². The monoisotopic (exact) mass is 369 g/mol. The Morgan fingerprint density at radius 3 is 2.68 bits per heavy atom. The van der Waals surface area contributed by atoms with Gasteiger partial charge in [0.1, 0.15) is 17.9 Å². The highest BCUT2D eigenvalue weighted by atomic mass is 127. The molecule has 0 saturated heterocycles. The van der Waals surface area contributed by atoms with Gasteiger partial charge in [0.05, 0.1) is 9.13 Å². The maximum absolute atomic E-state index is 5.92. The molecule has 1 N–H and O–H groups in total. The Morgan fingerprint density at radius 2 is 2.00 bits per heavy atom. The molecule has 100 valence electrons. The normalized spacial score (nSPS) is 10.3. The van der Waals surface area contributed by atoms with E-state index in [1.54, 1.807) is 0 Å². The van der Waals surface area contributed by atoms with E-state index in [2.05, 4.69) is 44.8 Å². The summed E-state index contributed by atoms with van der Waals surface area (Å²) in [6.45, 7) is 4.94. The van der Waals surface area contributed by atoms with Gasteiger partial charge < -0.3 is 10.1 Å². The first kappa shape index (κ1) is 14.0. The zero-order chi connectivity index (χ0) is 13.7. The molecule has 2 rings (SSSR count). The summed E-state index contributed by atoms with van der Waals surface area (Å²) in [5.74, 6) is 2.29. The highest BCUT2D eigenvalue weighted by Crippen LogP contribution is 2.29. The molecule has 0 atom stereocenters. The summed E-state index contributed by atoms with van der Waals surface area (Å²) < 4.78 is 6.98. The summed E-state index contributed by atoms with van der Waals surface area (Å²) in [6, 6.07) is 7.89. The molecule has 0 saturated carbocycles. The van der Waals surface area contributed by atoms with E-state index in [0.29, 0.717) is 5.88 Å². The molecule has 1 aromatic heterocycles. The van der Waals surface area contributed by atoms with Crippen molar-refractivity contribution in [3.63, 3.8) is 0 Å². The van der Waals surface area contributed by atoms with Crippen molar-refractivity contribution in [3.05, 3.63) is 39.7 Å². The summed E-state index contributed by atoms with van der Waals surface area (Å²) >= 11 is 2.25. The fourth-order valence-corrected chi connectivity index (χ4v) is 2.25. The lowest BCUT2D eigenvalue weighted by atomic mass is 10.2. The molecule has 0 aliphatic heterocycles. The van der Waals surface area contributed by atoms with Gasteiger partial charge in [0.2, 0.25) is 5.88 Å². The number of nitrogens with zero attached hydrogens (tertiary/aromatic N) is 2. The first-order chi connectivity index (χ1) is 9.26. The van der Waals surface area contributed by atoms with Gasteiger partial charge in [-0.3, -0.25) is 0 Å². The van der Waals surface area contributed by atoms with Crippen molar-refractivity contribution in [2.45, 2.75) is 20.3 Å². The Labute approximate surface area is 126 Å². The molecular formula is C14H16IN3O. The van der Waals surface area contributed by atoms with Crippen LogP contribution in [0, 0.1) is 3.57 Å². The molecule has 0 unspecified atom stereocenters. The van der Waals surface area contributed by atoms with Gasteiger partial charge in [-0.15, -0.1) is 0 Å². The maximum atomic E-state index is 5.92. The number of hydrogen-bond donors (Lipinski definition) is 1. The number of nitrogens with one attached hydrogen (secondary N) is 1. The summed E-state index contributed by atoms with van der Waals surface area (Å²) in [4.78, 5) is 8.51. The van der Waals surface area contributed by atoms with Crippen molar-refractivity contribution < 1.29 is 4.74 Å². The quantitative estimate of drug-likeness (QED) is 0.813. The maximum Gasteiger partial charge on any atom is 0.227 e. The van der Waals surface area contributed by atoms with Crippen LogP contribution in [0.2, 0.25) is 0 Å². The summed E-state index contributed by atoms with van der Waals surface area (Å²) in [6.07, 6.45) is 2.35. The van der Waals surface area contributed by atoms with Crippen LogP contribution < -0.4 is 10.1 Å². The number of para-hydroxylation sites is 1. The minimum absolute atomic E-state index is 0.623. The smallest absolute Gasteiger partial charge is 0.227 e. The Hall–Kier alpha value is -1.37. The van der Waals surface area contributed by atoms with Gasteiger partial charge >= 0.3 is 0 Å². The first-order valence-electron chi connectivity index (χ1n) is 6.26. The molecule has 5 heteroatoms. The number of halogens is 1. The number of benzene rings is 1. The standard InChI is InChI=1S/C14H16IN3O/c1-3-10-13(16-4-2)17-9-18-14(10)19-12-8-6-5-7-11(12)15/h5-9H,3-4H2,1-2H3,(H,16,17,18). The molecular weight excluding hydrogens is 353 g/mol. The van der Waals surface area contributed by atoms with Crippen LogP contribution in [0.15, 0.2) is 30.6 Å². The number of ether oxygens (including phenoxy) is 1. The molecule has 1 heterocycles. The lowest BCUT2D eigenvalue weighted by molar-refractivity contribution is 0.452. The van der Waals surface area contributed by atoms with E-state index in [1.807, 2.05) is 31.2 Å². The van der Waals surface area contributed by atoms with Crippen molar-refractivity contribution in [3.8, 4) is 11.6 Å². The minimum atomic E-state index is 0.623. The van der Waals surface area contributed by atoms with E-state index in [9.17, 15) is 0 Å². The van der Waals surface area contributed by atoms with E-state index in [0.717, 1.165) is 33.7 Å². The predicted molar refractivity (Wildman–Crippen MR) is 84.8 cm³/mol. The second-order valence-electron chi connectivity index (χ2n) is 3.92. The SMILES string of the molecule is CCNc1ncnc(Oc2ccccc2I)c1CC. The predicted octanol–water partition coefficient (Wildman–Crippen LogP) is 3.87. The summed E-state index contributed by atoms with van der Waals surface area (Å²) in [7, 11) is 0. The first-order valence-corrected chi connectivity index (χ1v) is 7.34. The zero-order valence-electron chi connectivity index (χ0n) is 11.0. The van der Waals surface area contributed by atoms with E-state index >= 15 is 0 Å². The molecule has 0 aliphatic rings. The van der Waals surface area contributed by atoms with Gasteiger partial charge in [-0.25, -0.2) is 9.97 Å². The summed E-state index contributed by atoms with van der Waals surface area (Å²) in [5.41, 5.74) is 1.00. The Bertz CT molecular complexity index is 560. The third-order valence-electron chi connectivity index (χ3n) is 2.65. The minimum Gasteiger partial charge on any atom is -0.437 e. The molecule has 1 aromatic carbocycles. The van der Waals surface area contributed by atoms with E-state index in [-0.39, 0.29) is 0 Å². The van der Waals surface area contributed by atoms with E-state index in [4.69, 9.17) is 4.74 Å². The van der Waals surface area contributed by atoms with Crippen molar-refractivity contribution in [1.82, 2.24) is 9.97 Å². The number of aromatic nitrogens is 2. The van der Waals surface area contributed by atoms with E-state index < -0.39 is 0 Å². The molecule has 4 nitrogen and oxygen atoms in total. The molecule has 0 amide bonds. The van der Waals surface area contributed by atoms with Crippen LogP contribution in [0.1, 0.15) is 19.4 Å². The molecule has 19 heavy (non-hydrogen) atoms. The molecule has 0 bridgehead atoms. The van der Waals surface area contributed by atoms with Gasteiger partial charge in [-0.2, -0.15) is 0 Å². The van der Waals surface area contributed by atoms with Crippen LogP contribution in [-0.2, 0) is 6.42 Å². The second kappa shape index (κ2) is 6.70. The summed E-state index contributed by atoms with van der Waals surface area (Å²) in [5, 5.41) is 3.23. The van der Waals surface area contributed by atoms with Gasteiger partial charge in [0.15, 0.2) is 0 Å². The fourth-order valence-electron chi connectivity index (χ4n) is 1.75. The van der Waals surface area contributed by atoms with E-state index in [1.165, 1.54) is 6.33 Å². The highest BCUT2D eigenvalue weighted by molar-refractivity contribution is 14.1. The van der Waals surface area contributed by atoms with Gasteiger partial charge in [-0.1, -0.05) is 19.1 Å². The van der Waals surface area contributed by atoms with Crippen molar-refractivity contribution in [2.24, 2.45) is 0 Å². The van der Waals surface area contributed by atoms with Crippen LogP contribution in [-0.4, -0.2) is 16.5 Å².